The van der Waals surface area contributed by atoms with Crippen LogP contribution in [0.25, 0.3) is 22.2 Å². The number of para-hydroxylation sites is 1. The quantitative estimate of drug-likeness (QED) is 0.445. The molecule has 0 saturated heterocycles. The van der Waals surface area contributed by atoms with E-state index in [4.69, 9.17) is 0 Å². The predicted octanol–water partition coefficient (Wildman–Crippen LogP) is 4.37. The number of hydrogen-bond donors (Lipinski definition) is 2. The molecule has 4 aromatic rings. The number of hydrogen-bond acceptors (Lipinski definition) is 6. The average Bonchev–Trinajstić information content (AvgIpc) is 2.83. The van der Waals surface area contributed by atoms with Gasteiger partial charge in [0.1, 0.15) is 12.1 Å². The largest absolute Gasteiger partial charge is 0.370 e. The Balaban J connectivity index is 1.28. The normalized spacial score (nSPS) is 13.5. The summed E-state index contributed by atoms with van der Waals surface area (Å²) in [5.74, 6) is 1.28. The molecule has 0 aliphatic heterocycles. The van der Waals surface area contributed by atoms with Crippen molar-refractivity contribution < 1.29 is 4.79 Å². The fourth-order valence-electron chi connectivity index (χ4n) is 4.21. The molecule has 1 amide bonds. The van der Waals surface area contributed by atoms with Gasteiger partial charge in [-0.15, -0.1) is 0 Å². The number of amides is 1. The zero-order valence-electron chi connectivity index (χ0n) is 18.6. The van der Waals surface area contributed by atoms with Crippen molar-refractivity contribution in [2.45, 2.75) is 31.6 Å². The van der Waals surface area contributed by atoms with Gasteiger partial charge in [-0.1, -0.05) is 24.6 Å². The Morgan fingerprint density at radius 1 is 1.06 bits per heavy atom. The van der Waals surface area contributed by atoms with Crippen LogP contribution in [0.5, 0.6) is 0 Å². The van der Waals surface area contributed by atoms with E-state index in [-0.39, 0.29) is 5.91 Å². The van der Waals surface area contributed by atoms with E-state index in [1.54, 1.807) is 25.6 Å². The molecule has 3 aromatic heterocycles. The molecule has 2 N–H and O–H groups in total. The van der Waals surface area contributed by atoms with Crippen molar-refractivity contribution in [1.82, 2.24) is 25.3 Å². The highest BCUT2D eigenvalue weighted by molar-refractivity contribution is 6.06. The van der Waals surface area contributed by atoms with Gasteiger partial charge in [-0.05, 0) is 43.0 Å². The van der Waals surface area contributed by atoms with Gasteiger partial charge in [0.15, 0.2) is 0 Å². The van der Waals surface area contributed by atoms with E-state index in [0.29, 0.717) is 18.0 Å². The molecular weight excluding hydrogens is 412 g/mol. The van der Waals surface area contributed by atoms with E-state index in [0.717, 1.165) is 40.0 Å². The molecule has 0 radical (unpaired) electrons. The lowest BCUT2D eigenvalue weighted by Crippen LogP contribution is -2.18. The van der Waals surface area contributed by atoms with Crippen LogP contribution in [0.2, 0.25) is 0 Å². The van der Waals surface area contributed by atoms with Gasteiger partial charge < -0.3 is 10.6 Å². The highest BCUT2D eigenvalue weighted by Crippen LogP contribution is 2.35. The lowest BCUT2D eigenvalue weighted by molar-refractivity contribution is 0.0964. The van der Waals surface area contributed by atoms with Crippen LogP contribution in [0.4, 0.5) is 5.82 Å². The molecule has 0 spiro atoms. The lowest BCUT2D eigenvalue weighted by Gasteiger charge is -2.24. The van der Waals surface area contributed by atoms with Gasteiger partial charge in [-0.3, -0.25) is 14.8 Å². The molecule has 7 heteroatoms. The van der Waals surface area contributed by atoms with Crippen molar-refractivity contribution in [1.29, 1.82) is 0 Å². The van der Waals surface area contributed by atoms with Crippen LogP contribution in [-0.2, 0) is 6.42 Å². The molecule has 0 bridgehead atoms. The molecule has 1 aromatic carbocycles. The van der Waals surface area contributed by atoms with Gasteiger partial charge in [0.25, 0.3) is 5.91 Å². The third-order valence-corrected chi connectivity index (χ3v) is 6.30. The van der Waals surface area contributed by atoms with Gasteiger partial charge in [-0.2, -0.15) is 0 Å². The highest BCUT2D eigenvalue weighted by atomic mass is 16.1. The van der Waals surface area contributed by atoms with E-state index >= 15 is 0 Å². The fraction of sp³-hybridized carbons (Fsp3) is 0.269. The fourth-order valence-corrected chi connectivity index (χ4v) is 4.21. The predicted molar refractivity (Wildman–Crippen MR) is 129 cm³/mol. The minimum absolute atomic E-state index is 0.110. The number of aromatic nitrogens is 4. The van der Waals surface area contributed by atoms with E-state index < -0.39 is 0 Å². The van der Waals surface area contributed by atoms with Gasteiger partial charge in [0.2, 0.25) is 0 Å². The van der Waals surface area contributed by atoms with Crippen molar-refractivity contribution in [3.63, 3.8) is 0 Å². The smallest absolute Gasteiger partial charge is 0.251 e. The molecule has 1 saturated carbocycles. The number of rotatable bonds is 7. The molecular formula is C26H26N6O. The Morgan fingerprint density at radius 2 is 1.97 bits per heavy atom. The second kappa shape index (κ2) is 9.32. The summed E-state index contributed by atoms with van der Waals surface area (Å²) in [7, 11) is 1.64. The monoisotopic (exact) mass is 438 g/mol. The van der Waals surface area contributed by atoms with E-state index in [9.17, 15) is 4.79 Å². The third kappa shape index (κ3) is 4.39. The molecule has 0 unspecified atom stereocenters. The van der Waals surface area contributed by atoms with Crippen molar-refractivity contribution in [2.24, 2.45) is 0 Å². The molecule has 0 atom stereocenters. The molecule has 1 aliphatic carbocycles. The summed E-state index contributed by atoms with van der Waals surface area (Å²) < 4.78 is 0. The van der Waals surface area contributed by atoms with Crippen molar-refractivity contribution >= 4 is 22.6 Å². The lowest BCUT2D eigenvalue weighted by atomic mass is 9.82. The van der Waals surface area contributed by atoms with Crippen LogP contribution in [0, 0.1) is 0 Å². The molecule has 33 heavy (non-hydrogen) atoms. The number of benzene rings is 1. The Bertz CT molecular complexity index is 1280. The second-order valence-electron chi connectivity index (χ2n) is 8.32. The summed E-state index contributed by atoms with van der Waals surface area (Å²) in [5, 5.41) is 6.94. The van der Waals surface area contributed by atoms with E-state index in [1.165, 1.54) is 25.0 Å². The number of anilines is 1. The van der Waals surface area contributed by atoms with Crippen LogP contribution < -0.4 is 10.6 Å². The molecule has 1 fully saturated rings. The Kier molecular flexibility index (Phi) is 5.93. The minimum atomic E-state index is -0.110. The Labute approximate surface area is 192 Å². The van der Waals surface area contributed by atoms with Crippen molar-refractivity contribution in [2.75, 3.05) is 18.9 Å². The van der Waals surface area contributed by atoms with Crippen LogP contribution in [0.15, 0.2) is 61.2 Å². The first-order chi connectivity index (χ1) is 16.2. The molecule has 3 heterocycles. The number of fused-ring (bicyclic) bond motifs is 1. The SMILES string of the molecule is CNC(=O)c1ccnc2c(CCNc3cc(-c4ccc(C5CCC5)nc4)ncn3)cccc12. The number of pyridine rings is 2. The van der Waals surface area contributed by atoms with Crippen LogP contribution in [-0.4, -0.2) is 39.4 Å². The summed E-state index contributed by atoms with van der Waals surface area (Å²) in [6, 6.07) is 13.9. The van der Waals surface area contributed by atoms with Gasteiger partial charge in [0.05, 0.1) is 16.8 Å². The summed E-state index contributed by atoms with van der Waals surface area (Å²) in [6.07, 6.45) is 9.71. The summed E-state index contributed by atoms with van der Waals surface area (Å²) in [6.45, 7) is 0.681. The Hall–Kier alpha value is -3.87. The zero-order chi connectivity index (χ0) is 22.6. The maximum Gasteiger partial charge on any atom is 0.251 e. The van der Waals surface area contributed by atoms with Crippen LogP contribution in [0.3, 0.4) is 0 Å². The van der Waals surface area contributed by atoms with Gasteiger partial charge in [-0.25, -0.2) is 9.97 Å². The maximum absolute atomic E-state index is 12.2. The van der Waals surface area contributed by atoms with Crippen LogP contribution in [0.1, 0.15) is 46.8 Å². The number of carbonyl (C=O) groups excluding carboxylic acids is 1. The number of nitrogens with one attached hydrogen (secondary N) is 2. The minimum Gasteiger partial charge on any atom is -0.370 e. The first-order valence-corrected chi connectivity index (χ1v) is 11.3. The van der Waals surface area contributed by atoms with Crippen molar-refractivity contribution in [3.05, 3.63) is 78.0 Å². The van der Waals surface area contributed by atoms with E-state index in [1.807, 2.05) is 30.5 Å². The molecule has 5 rings (SSSR count). The molecule has 166 valence electrons. The molecule has 7 nitrogen and oxygen atoms in total. The first-order valence-electron chi connectivity index (χ1n) is 11.3. The van der Waals surface area contributed by atoms with Crippen molar-refractivity contribution in [3.8, 4) is 11.3 Å². The molecule has 1 aliphatic rings. The maximum atomic E-state index is 12.2. The summed E-state index contributed by atoms with van der Waals surface area (Å²) in [5.41, 5.74) is 5.58. The number of carbonyl (C=O) groups is 1. The van der Waals surface area contributed by atoms with E-state index in [2.05, 4.69) is 42.7 Å². The van der Waals surface area contributed by atoms with Crippen LogP contribution >= 0.6 is 0 Å². The van der Waals surface area contributed by atoms with Gasteiger partial charge >= 0.3 is 0 Å². The Morgan fingerprint density at radius 3 is 2.73 bits per heavy atom. The average molecular weight is 439 g/mol. The standard InChI is InChI=1S/C26H26N6O/c1-27-26(33)21-11-13-29-25-18(6-3-7-20(21)25)10-12-28-24-14-23(31-16-32-24)19-8-9-22(30-15-19)17-4-2-5-17/h3,6-9,11,13-17H,2,4-5,10,12H2,1H3,(H,27,33)(H,28,31,32). The highest BCUT2D eigenvalue weighted by Gasteiger charge is 2.20. The summed E-state index contributed by atoms with van der Waals surface area (Å²) in [4.78, 5) is 30.1. The zero-order valence-corrected chi connectivity index (χ0v) is 18.6. The summed E-state index contributed by atoms with van der Waals surface area (Å²) >= 11 is 0. The number of nitrogens with zero attached hydrogens (tertiary/aromatic N) is 4. The third-order valence-electron chi connectivity index (χ3n) is 6.30. The van der Waals surface area contributed by atoms with Gasteiger partial charge in [0, 0.05) is 54.6 Å². The first kappa shape index (κ1) is 21.0. The second-order valence-corrected chi connectivity index (χ2v) is 8.32. The topological polar surface area (TPSA) is 92.7 Å².